The molecule has 0 N–H and O–H groups in total. The van der Waals surface area contributed by atoms with Gasteiger partial charge in [0.25, 0.3) is 0 Å². The molecule has 0 amide bonds. The number of hydrogen-bond acceptors (Lipinski definition) is 2. The maximum Gasteiger partial charge on any atom is 0.137 e. The molecule has 5 heteroatoms. The number of pyridine rings is 1. The van der Waals surface area contributed by atoms with Gasteiger partial charge >= 0.3 is 0 Å². The molecule has 0 fully saturated rings. The fourth-order valence-corrected chi connectivity index (χ4v) is 8.83. The Bertz CT molecular complexity index is 3130. The van der Waals surface area contributed by atoms with E-state index in [4.69, 9.17) is 10.1 Å². The first-order chi connectivity index (χ1) is 27.1. The van der Waals surface area contributed by atoms with Gasteiger partial charge in [0.15, 0.2) is 0 Å². The topological polar surface area (TPSA) is 40.6 Å². The molecule has 0 saturated carbocycles. The van der Waals surface area contributed by atoms with Gasteiger partial charge in [-0.15, -0.1) is 0 Å². The highest BCUT2D eigenvalue weighted by atomic mass is 15.3. The van der Waals surface area contributed by atoms with E-state index >= 15 is 0 Å². The van der Waals surface area contributed by atoms with Crippen LogP contribution in [0.15, 0.2) is 152 Å². The van der Waals surface area contributed by atoms with Gasteiger partial charge in [0.2, 0.25) is 0 Å². The molecule has 4 heterocycles. The van der Waals surface area contributed by atoms with Crippen molar-refractivity contribution in [1.82, 2.24) is 23.9 Å². The quantitative estimate of drug-likeness (QED) is 0.177. The van der Waals surface area contributed by atoms with E-state index in [0.717, 1.165) is 56.1 Å². The molecule has 0 unspecified atom stereocenters. The number of aryl methyl sites for hydroxylation is 3. The van der Waals surface area contributed by atoms with E-state index < -0.39 is 0 Å². The highest BCUT2D eigenvalue weighted by Gasteiger charge is 2.21. The Balaban J connectivity index is 1.20. The van der Waals surface area contributed by atoms with E-state index in [1.165, 1.54) is 49.4 Å². The minimum atomic E-state index is -0.00269. The van der Waals surface area contributed by atoms with Gasteiger partial charge in [-0.2, -0.15) is 5.10 Å². The van der Waals surface area contributed by atoms with Crippen LogP contribution in [0.1, 0.15) is 43.0 Å². The van der Waals surface area contributed by atoms with Crippen LogP contribution in [-0.4, -0.2) is 23.9 Å². The molecule has 56 heavy (non-hydrogen) atoms. The summed E-state index contributed by atoms with van der Waals surface area (Å²) in [6.45, 7) is 13.3. The van der Waals surface area contributed by atoms with Crippen LogP contribution in [0, 0.1) is 20.8 Å². The lowest BCUT2D eigenvalue weighted by Crippen LogP contribution is -2.12. The molecule has 5 nitrogen and oxygen atoms in total. The van der Waals surface area contributed by atoms with Crippen molar-refractivity contribution in [2.24, 2.45) is 0 Å². The summed E-state index contributed by atoms with van der Waals surface area (Å²) in [5.41, 5.74) is 16.1. The van der Waals surface area contributed by atoms with Crippen LogP contribution in [0.4, 0.5) is 0 Å². The van der Waals surface area contributed by atoms with Gasteiger partial charge in [0.1, 0.15) is 11.5 Å². The lowest BCUT2D eigenvalue weighted by atomic mass is 9.88. The summed E-state index contributed by atoms with van der Waals surface area (Å²) in [4.78, 5) is 4.95. The molecule has 6 aromatic carbocycles. The molecule has 10 aromatic rings. The maximum atomic E-state index is 5.33. The monoisotopic (exact) mass is 725 g/mol. The van der Waals surface area contributed by atoms with Crippen molar-refractivity contribution in [3.8, 4) is 39.6 Å². The third kappa shape index (κ3) is 5.37. The fourth-order valence-electron chi connectivity index (χ4n) is 8.83. The molecule has 0 saturated heterocycles. The summed E-state index contributed by atoms with van der Waals surface area (Å²) in [5, 5.41) is 10.2. The molecule has 0 bridgehead atoms. The van der Waals surface area contributed by atoms with Crippen LogP contribution >= 0.6 is 0 Å². The first-order valence-corrected chi connectivity index (χ1v) is 19.4. The zero-order valence-electron chi connectivity index (χ0n) is 32.7. The van der Waals surface area contributed by atoms with E-state index in [-0.39, 0.29) is 5.41 Å². The van der Waals surface area contributed by atoms with Crippen LogP contribution in [-0.2, 0) is 5.41 Å². The van der Waals surface area contributed by atoms with Crippen molar-refractivity contribution in [2.45, 2.75) is 47.0 Å². The highest BCUT2D eigenvalue weighted by Crippen LogP contribution is 2.40. The van der Waals surface area contributed by atoms with E-state index in [1.807, 2.05) is 6.20 Å². The predicted molar refractivity (Wildman–Crippen MR) is 234 cm³/mol. The Morgan fingerprint density at radius 3 is 1.77 bits per heavy atom. The molecular weight excluding hydrogens is 683 g/mol. The molecular formula is C51H43N5. The fraction of sp³-hybridized carbons (Fsp3) is 0.137. The SMILES string of the molecule is Cc1cc(C)c(-c2cn(-c3ccc4c5ccccc5n(-c5ccc6c7ccccc7n(-c7cc(C(C)(C)C)ccn7)c6c5)c4c3)nc2-c2ccccc2)c(C)c1. The van der Waals surface area contributed by atoms with Gasteiger partial charge in [0, 0.05) is 50.8 Å². The van der Waals surface area contributed by atoms with Crippen LogP contribution in [0.5, 0.6) is 0 Å². The Labute approximate surface area is 327 Å². The van der Waals surface area contributed by atoms with E-state index in [0.29, 0.717) is 0 Å². The van der Waals surface area contributed by atoms with Crippen molar-refractivity contribution in [2.75, 3.05) is 0 Å². The normalized spacial score (nSPS) is 12.1. The van der Waals surface area contributed by atoms with Gasteiger partial charge < -0.3 is 4.57 Å². The first kappa shape index (κ1) is 33.8. The minimum absolute atomic E-state index is 0.00269. The third-order valence-electron chi connectivity index (χ3n) is 11.4. The second-order valence-corrected chi connectivity index (χ2v) is 16.2. The predicted octanol–water partition coefficient (Wildman–Crippen LogP) is 13.0. The molecule has 272 valence electrons. The largest absolute Gasteiger partial charge is 0.309 e. The van der Waals surface area contributed by atoms with Crippen LogP contribution in [0.2, 0.25) is 0 Å². The van der Waals surface area contributed by atoms with Crippen molar-refractivity contribution >= 4 is 43.6 Å². The van der Waals surface area contributed by atoms with Gasteiger partial charge in [-0.05, 0) is 97.0 Å². The summed E-state index contributed by atoms with van der Waals surface area (Å²) in [6, 6.07) is 50.5. The lowest BCUT2D eigenvalue weighted by Gasteiger charge is -2.20. The van der Waals surface area contributed by atoms with Gasteiger partial charge in [0.05, 0.1) is 27.8 Å². The Morgan fingerprint density at radius 1 is 0.518 bits per heavy atom. The number of aromatic nitrogens is 5. The van der Waals surface area contributed by atoms with Crippen molar-refractivity contribution in [3.05, 3.63) is 174 Å². The molecule has 0 aliphatic heterocycles. The van der Waals surface area contributed by atoms with Gasteiger partial charge in [-0.3, -0.25) is 4.57 Å². The second kappa shape index (κ2) is 12.7. The molecule has 0 atom stereocenters. The lowest BCUT2D eigenvalue weighted by molar-refractivity contribution is 0.588. The number of rotatable bonds is 5. The number of fused-ring (bicyclic) bond motifs is 6. The zero-order valence-corrected chi connectivity index (χ0v) is 32.7. The smallest absolute Gasteiger partial charge is 0.137 e. The summed E-state index contributed by atoms with van der Waals surface area (Å²) in [5.74, 6) is 0.924. The zero-order chi connectivity index (χ0) is 38.3. The number of nitrogens with zero attached hydrogens (tertiary/aromatic N) is 5. The summed E-state index contributed by atoms with van der Waals surface area (Å²) in [7, 11) is 0. The first-order valence-electron chi connectivity index (χ1n) is 19.4. The van der Waals surface area contributed by atoms with Crippen molar-refractivity contribution in [1.29, 1.82) is 0 Å². The molecule has 10 rings (SSSR count). The number of hydrogen-bond donors (Lipinski definition) is 0. The van der Waals surface area contributed by atoms with Crippen molar-refractivity contribution in [3.63, 3.8) is 0 Å². The minimum Gasteiger partial charge on any atom is -0.309 e. The molecule has 0 aliphatic rings. The summed E-state index contributed by atoms with van der Waals surface area (Å²) >= 11 is 0. The van der Waals surface area contributed by atoms with Crippen LogP contribution in [0.25, 0.3) is 83.2 Å². The third-order valence-corrected chi connectivity index (χ3v) is 11.4. The van der Waals surface area contributed by atoms with Crippen LogP contribution < -0.4 is 0 Å². The Kier molecular flexibility index (Phi) is 7.65. The average molecular weight is 726 g/mol. The molecule has 4 aromatic heterocycles. The number of benzene rings is 6. The second-order valence-electron chi connectivity index (χ2n) is 16.2. The summed E-state index contributed by atoms with van der Waals surface area (Å²) < 4.78 is 6.80. The molecule has 0 aliphatic carbocycles. The molecule has 0 spiro atoms. The molecule has 0 radical (unpaired) electrons. The van der Waals surface area contributed by atoms with E-state index in [2.05, 4.69) is 201 Å². The Hall–Kier alpha value is -6.72. The van der Waals surface area contributed by atoms with Crippen LogP contribution in [0.3, 0.4) is 0 Å². The standard InChI is InChI=1S/C51H43N5/c1-32-26-33(2)49(34(3)27-32)43-31-54(53-50(43)35-14-8-7-9-15-35)37-20-22-41-39-16-10-12-18-44(39)55(46(41)29-37)38-21-23-42-40-17-11-13-19-45(40)56(47(42)30-38)48-28-36(24-25-52-48)51(4,5)6/h7-31H,1-6H3. The Morgan fingerprint density at radius 2 is 1.09 bits per heavy atom. The maximum absolute atomic E-state index is 5.33. The van der Waals surface area contributed by atoms with E-state index in [1.54, 1.807) is 0 Å². The van der Waals surface area contributed by atoms with Crippen molar-refractivity contribution < 1.29 is 0 Å². The highest BCUT2D eigenvalue weighted by molar-refractivity contribution is 6.12. The van der Waals surface area contributed by atoms with E-state index in [9.17, 15) is 0 Å². The van der Waals surface area contributed by atoms with Gasteiger partial charge in [-0.25, -0.2) is 9.67 Å². The average Bonchev–Trinajstić information content (AvgIpc) is 3.88. The number of para-hydroxylation sites is 2. The summed E-state index contributed by atoms with van der Waals surface area (Å²) in [6.07, 6.45) is 4.16. The van der Waals surface area contributed by atoms with Gasteiger partial charge in [-0.1, -0.05) is 117 Å².